The fourth-order valence-corrected chi connectivity index (χ4v) is 2.68. The van der Waals surface area contributed by atoms with Crippen LogP contribution < -0.4 is 4.90 Å². The number of nitrogens with zero attached hydrogens (tertiary/aromatic N) is 3. The SMILES string of the molecule is CN1C(=O)N(c2ccc(Br)c(F)c2)CC1c1ccccn1. The van der Waals surface area contributed by atoms with Crippen molar-refractivity contribution in [2.24, 2.45) is 0 Å². The van der Waals surface area contributed by atoms with Gasteiger partial charge in [-0.05, 0) is 46.3 Å². The Morgan fingerprint density at radius 3 is 2.81 bits per heavy atom. The highest BCUT2D eigenvalue weighted by molar-refractivity contribution is 9.10. The van der Waals surface area contributed by atoms with Crippen LogP contribution in [-0.2, 0) is 0 Å². The summed E-state index contributed by atoms with van der Waals surface area (Å²) in [5.74, 6) is -0.385. The van der Waals surface area contributed by atoms with Gasteiger partial charge in [0.15, 0.2) is 0 Å². The van der Waals surface area contributed by atoms with Gasteiger partial charge in [-0.1, -0.05) is 6.07 Å². The van der Waals surface area contributed by atoms with E-state index in [0.717, 1.165) is 5.69 Å². The Morgan fingerprint density at radius 1 is 1.33 bits per heavy atom. The summed E-state index contributed by atoms with van der Waals surface area (Å²) < 4.78 is 14.0. The van der Waals surface area contributed by atoms with Gasteiger partial charge in [0.05, 0.1) is 22.8 Å². The Kier molecular flexibility index (Phi) is 3.63. The molecule has 3 rings (SSSR count). The number of carbonyl (C=O) groups excluding carboxylic acids is 1. The van der Waals surface area contributed by atoms with Crippen LogP contribution in [0.1, 0.15) is 11.7 Å². The Hall–Kier alpha value is -1.95. The zero-order valence-corrected chi connectivity index (χ0v) is 12.9. The molecule has 1 saturated heterocycles. The molecule has 2 aromatic rings. The van der Waals surface area contributed by atoms with Gasteiger partial charge in [0.25, 0.3) is 0 Å². The van der Waals surface area contributed by atoms with Crippen LogP contribution in [0.2, 0.25) is 0 Å². The van der Waals surface area contributed by atoms with Gasteiger partial charge in [-0.2, -0.15) is 0 Å². The molecule has 0 bridgehead atoms. The normalized spacial score (nSPS) is 18.4. The first-order valence-electron chi connectivity index (χ1n) is 6.48. The van der Waals surface area contributed by atoms with Crippen molar-refractivity contribution in [2.45, 2.75) is 6.04 Å². The van der Waals surface area contributed by atoms with Crippen LogP contribution >= 0.6 is 15.9 Å². The van der Waals surface area contributed by atoms with Crippen LogP contribution in [0.25, 0.3) is 0 Å². The average Bonchev–Trinajstić information content (AvgIpc) is 2.79. The number of aromatic nitrogens is 1. The van der Waals surface area contributed by atoms with Crippen molar-refractivity contribution in [1.29, 1.82) is 0 Å². The van der Waals surface area contributed by atoms with Gasteiger partial charge in [0, 0.05) is 18.9 Å². The number of hydrogen-bond donors (Lipinski definition) is 0. The molecule has 108 valence electrons. The maximum Gasteiger partial charge on any atom is 0.324 e. The fourth-order valence-electron chi connectivity index (χ4n) is 2.43. The summed E-state index contributed by atoms with van der Waals surface area (Å²) in [6.07, 6.45) is 1.70. The lowest BCUT2D eigenvalue weighted by atomic mass is 10.2. The fraction of sp³-hybridized carbons (Fsp3) is 0.200. The third-order valence-corrected chi connectivity index (χ3v) is 4.24. The van der Waals surface area contributed by atoms with E-state index in [2.05, 4.69) is 20.9 Å². The maximum atomic E-state index is 13.7. The summed E-state index contributed by atoms with van der Waals surface area (Å²) in [7, 11) is 1.73. The molecule has 0 aliphatic carbocycles. The molecule has 0 N–H and O–H groups in total. The highest BCUT2D eigenvalue weighted by Gasteiger charge is 2.37. The van der Waals surface area contributed by atoms with Crippen molar-refractivity contribution in [3.63, 3.8) is 0 Å². The van der Waals surface area contributed by atoms with E-state index in [4.69, 9.17) is 0 Å². The summed E-state index contributed by atoms with van der Waals surface area (Å²) in [6.45, 7) is 0.452. The zero-order chi connectivity index (χ0) is 15.0. The first kappa shape index (κ1) is 14.0. The van der Waals surface area contributed by atoms with Crippen molar-refractivity contribution in [3.8, 4) is 0 Å². The third kappa shape index (κ3) is 2.51. The van der Waals surface area contributed by atoms with E-state index in [0.29, 0.717) is 16.7 Å². The Labute approximate surface area is 130 Å². The monoisotopic (exact) mass is 349 g/mol. The van der Waals surface area contributed by atoms with Crippen molar-refractivity contribution < 1.29 is 9.18 Å². The van der Waals surface area contributed by atoms with Crippen molar-refractivity contribution >= 4 is 27.6 Å². The van der Waals surface area contributed by atoms with E-state index in [9.17, 15) is 9.18 Å². The van der Waals surface area contributed by atoms with E-state index < -0.39 is 0 Å². The number of rotatable bonds is 2. The quantitative estimate of drug-likeness (QED) is 0.830. The Morgan fingerprint density at radius 2 is 2.14 bits per heavy atom. The summed E-state index contributed by atoms with van der Waals surface area (Å²) >= 11 is 3.11. The number of halogens is 2. The van der Waals surface area contributed by atoms with Crippen LogP contribution in [0, 0.1) is 5.82 Å². The molecular formula is C15H13BrFN3O. The molecule has 1 aromatic carbocycles. The van der Waals surface area contributed by atoms with Crippen LogP contribution in [0.4, 0.5) is 14.9 Å². The Bertz CT molecular complexity index is 680. The molecular weight excluding hydrogens is 337 g/mol. The van der Waals surface area contributed by atoms with Crippen LogP contribution in [0.15, 0.2) is 47.1 Å². The number of amides is 2. The molecule has 1 aliphatic heterocycles. The number of benzene rings is 1. The van der Waals surface area contributed by atoms with E-state index >= 15 is 0 Å². The minimum Gasteiger partial charge on any atom is -0.317 e. The summed E-state index contributed by atoms with van der Waals surface area (Å²) in [5, 5.41) is 0. The largest absolute Gasteiger partial charge is 0.324 e. The first-order valence-corrected chi connectivity index (χ1v) is 7.27. The first-order chi connectivity index (χ1) is 10.1. The van der Waals surface area contributed by atoms with Crippen molar-refractivity contribution in [2.75, 3.05) is 18.5 Å². The predicted octanol–water partition coefficient (Wildman–Crippen LogP) is 3.60. The van der Waals surface area contributed by atoms with Gasteiger partial charge in [-0.3, -0.25) is 9.88 Å². The lowest BCUT2D eigenvalue weighted by Crippen LogP contribution is -2.29. The molecule has 0 saturated carbocycles. The van der Waals surface area contributed by atoms with Crippen LogP contribution in [-0.4, -0.2) is 29.5 Å². The summed E-state index contributed by atoms with van der Waals surface area (Å²) in [4.78, 5) is 19.9. The lowest BCUT2D eigenvalue weighted by molar-refractivity contribution is 0.218. The molecule has 0 spiro atoms. The highest BCUT2D eigenvalue weighted by atomic mass is 79.9. The van der Waals surface area contributed by atoms with Crippen molar-refractivity contribution in [1.82, 2.24) is 9.88 Å². The van der Waals surface area contributed by atoms with Crippen molar-refractivity contribution in [3.05, 3.63) is 58.6 Å². The molecule has 2 amide bonds. The van der Waals surface area contributed by atoms with E-state index in [-0.39, 0.29) is 17.9 Å². The topological polar surface area (TPSA) is 36.4 Å². The van der Waals surface area contributed by atoms with Gasteiger partial charge < -0.3 is 4.90 Å². The maximum absolute atomic E-state index is 13.7. The van der Waals surface area contributed by atoms with E-state index in [1.807, 2.05) is 18.2 Å². The number of hydrogen-bond acceptors (Lipinski definition) is 2. The smallest absolute Gasteiger partial charge is 0.317 e. The van der Waals surface area contributed by atoms with E-state index in [1.165, 1.54) is 6.07 Å². The molecule has 2 heterocycles. The minimum atomic E-state index is -0.385. The molecule has 6 heteroatoms. The molecule has 4 nitrogen and oxygen atoms in total. The standard InChI is InChI=1S/C15H13BrFN3O/c1-19-14(13-4-2-3-7-18-13)9-20(15(19)21)10-5-6-11(16)12(17)8-10/h2-8,14H,9H2,1H3. The molecule has 0 radical (unpaired) electrons. The van der Waals surface area contributed by atoms with Crippen LogP contribution in [0.3, 0.4) is 0 Å². The molecule has 1 unspecified atom stereocenters. The van der Waals surface area contributed by atoms with Crippen LogP contribution in [0.5, 0.6) is 0 Å². The average molecular weight is 350 g/mol. The number of anilines is 1. The van der Waals surface area contributed by atoms with Gasteiger partial charge in [0.1, 0.15) is 5.82 Å². The van der Waals surface area contributed by atoms with Gasteiger partial charge in [0.2, 0.25) is 0 Å². The second-order valence-corrected chi connectivity index (χ2v) is 5.73. The number of likely N-dealkylation sites (N-methyl/N-ethyl adjacent to an activating group) is 1. The predicted molar refractivity (Wildman–Crippen MR) is 81.6 cm³/mol. The third-order valence-electron chi connectivity index (χ3n) is 3.60. The molecule has 21 heavy (non-hydrogen) atoms. The molecule has 1 atom stereocenters. The van der Waals surface area contributed by atoms with Gasteiger partial charge >= 0.3 is 6.03 Å². The molecule has 1 aliphatic rings. The molecule has 1 aromatic heterocycles. The minimum absolute atomic E-state index is 0.134. The lowest BCUT2D eigenvalue weighted by Gasteiger charge is -2.16. The molecule has 1 fully saturated rings. The van der Waals surface area contributed by atoms with Gasteiger partial charge in [-0.15, -0.1) is 0 Å². The Balaban J connectivity index is 1.92. The second-order valence-electron chi connectivity index (χ2n) is 4.87. The van der Waals surface area contributed by atoms with E-state index in [1.54, 1.807) is 35.2 Å². The number of urea groups is 1. The number of pyridine rings is 1. The number of carbonyl (C=O) groups is 1. The second kappa shape index (κ2) is 5.44. The summed E-state index contributed by atoms with van der Waals surface area (Å²) in [6, 6.07) is 10.0. The zero-order valence-electron chi connectivity index (χ0n) is 11.3. The van der Waals surface area contributed by atoms with Gasteiger partial charge in [-0.25, -0.2) is 9.18 Å². The highest BCUT2D eigenvalue weighted by Crippen LogP contribution is 2.32. The summed E-state index contributed by atoms with van der Waals surface area (Å²) in [5.41, 5.74) is 1.37.